The maximum Gasteiger partial charge on any atom is 0.180 e. The van der Waals surface area contributed by atoms with Crippen LogP contribution in [-0.4, -0.2) is 4.98 Å². The second-order valence-corrected chi connectivity index (χ2v) is 4.91. The van der Waals surface area contributed by atoms with Crippen molar-refractivity contribution in [1.29, 1.82) is 0 Å². The molecule has 3 rings (SSSR count). The number of thiazole rings is 1. The first kappa shape index (κ1) is 11.0. The van der Waals surface area contributed by atoms with Crippen molar-refractivity contribution in [3.63, 3.8) is 0 Å². The summed E-state index contributed by atoms with van der Waals surface area (Å²) < 4.78 is 0. The number of aromatic nitrogens is 1. The van der Waals surface area contributed by atoms with Gasteiger partial charge in [-0.15, -0.1) is 11.3 Å². The van der Waals surface area contributed by atoms with Crippen LogP contribution in [0.3, 0.4) is 0 Å². The Morgan fingerprint density at radius 1 is 0.833 bits per heavy atom. The molecule has 0 atom stereocenters. The van der Waals surface area contributed by atoms with Crippen molar-refractivity contribution in [2.75, 3.05) is 5.73 Å². The van der Waals surface area contributed by atoms with Gasteiger partial charge in [0, 0.05) is 10.9 Å². The number of hydrogen-bond acceptors (Lipinski definition) is 3. The number of nitrogens with zero attached hydrogens (tertiary/aromatic N) is 1. The molecule has 1 aromatic heterocycles. The summed E-state index contributed by atoms with van der Waals surface area (Å²) in [6.07, 6.45) is 0. The zero-order valence-corrected chi connectivity index (χ0v) is 10.5. The summed E-state index contributed by atoms with van der Waals surface area (Å²) >= 11 is 1.47. The fourth-order valence-corrected chi connectivity index (χ4v) is 2.48. The summed E-state index contributed by atoms with van der Waals surface area (Å²) in [5.74, 6) is 0. The molecule has 0 radical (unpaired) electrons. The molecular formula is C15H12N2S. The summed E-state index contributed by atoms with van der Waals surface area (Å²) in [6, 6.07) is 18.7. The molecule has 0 amide bonds. The summed E-state index contributed by atoms with van der Waals surface area (Å²) in [5.41, 5.74) is 10.1. The third-order valence-corrected chi connectivity index (χ3v) is 3.46. The average molecular weight is 252 g/mol. The average Bonchev–Trinajstić information content (AvgIpc) is 2.87. The van der Waals surface area contributed by atoms with E-state index in [2.05, 4.69) is 35.3 Å². The fraction of sp³-hybridized carbons (Fsp3) is 0. The Labute approximate surface area is 110 Å². The van der Waals surface area contributed by atoms with E-state index in [-0.39, 0.29) is 0 Å². The Hall–Kier alpha value is -2.13. The summed E-state index contributed by atoms with van der Waals surface area (Å²) in [6.45, 7) is 0. The first-order valence-electron chi connectivity index (χ1n) is 5.70. The lowest BCUT2D eigenvalue weighted by Gasteiger charge is -2.03. The van der Waals surface area contributed by atoms with Gasteiger partial charge >= 0.3 is 0 Å². The van der Waals surface area contributed by atoms with E-state index in [0.717, 1.165) is 11.3 Å². The topological polar surface area (TPSA) is 38.9 Å². The Kier molecular flexibility index (Phi) is 2.82. The summed E-state index contributed by atoms with van der Waals surface area (Å²) in [7, 11) is 0. The third kappa shape index (κ3) is 2.13. The molecule has 0 unspecified atom stereocenters. The maximum absolute atomic E-state index is 5.67. The van der Waals surface area contributed by atoms with Gasteiger partial charge in [-0.2, -0.15) is 0 Å². The van der Waals surface area contributed by atoms with Gasteiger partial charge in [-0.1, -0.05) is 48.5 Å². The number of benzene rings is 2. The number of rotatable bonds is 2. The van der Waals surface area contributed by atoms with E-state index < -0.39 is 0 Å². The van der Waals surface area contributed by atoms with Crippen molar-refractivity contribution < 1.29 is 0 Å². The molecule has 2 nitrogen and oxygen atoms in total. The second kappa shape index (κ2) is 4.63. The van der Waals surface area contributed by atoms with Gasteiger partial charge in [0.25, 0.3) is 0 Å². The van der Waals surface area contributed by atoms with E-state index in [0.29, 0.717) is 5.13 Å². The summed E-state index contributed by atoms with van der Waals surface area (Å²) in [4.78, 5) is 4.31. The minimum absolute atomic E-state index is 0.607. The van der Waals surface area contributed by atoms with Gasteiger partial charge in [0.15, 0.2) is 5.13 Å². The molecule has 88 valence electrons. The van der Waals surface area contributed by atoms with Gasteiger partial charge in [0.1, 0.15) is 0 Å². The van der Waals surface area contributed by atoms with Crippen molar-refractivity contribution >= 4 is 16.5 Å². The van der Waals surface area contributed by atoms with Crippen LogP contribution >= 0.6 is 11.3 Å². The zero-order valence-electron chi connectivity index (χ0n) is 9.71. The van der Waals surface area contributed by atoms with Crippen LogP contribution < -0.4 is 5.73 Å². The Morgan fingerprint density at radius 2 is 1.56 bits per heavy atom. The van der Waals surface area contributed by atoms with Crippen LogP contribution in [0, 0.1) is 0 Å². The quantitative estimate of drug-likeness (QED) is 0.747. The molecule has 0 spiro atoms. The molecule has 0 aliphatic rings. The van der Waals surface area contributed by atoms with E-state index in [4.69, 9.17) is 5.73 Å². The normalized spacial score (nSPS) is 10.4. The summed E-state index contributed by atoms with van der Waals surface area (Å²) in [5, 5.41) is 2.59. The smallest absolute Gasteiger partial charge is 0.180 e. The highest BCUT2D eigenvalue weighted by atomic mass is 32.1. The van der Waals surface area contributed by atoms with Crippen molar-refractivity contribution in [2.24, 2.45) is 0 Å². The van der Waals surface area contributed by atoms with Gasteiger partial charge in [0.05, 0.1) is 5.69 Å². The molecular weight excluding hydrogens is 240 g/mol. The van der Waals surface area contributed by atoms with Gasteiger partial charge < -0.3 is 5.73 Å². The Bertz CT molecular complexity index is 659. The standard InChI is InChI=1S/C15H12N2S/c16-15-17-14(10-18-15)13-8-4-7-12(9-13)11-5-2-1-3-6-11/h1-10H,(H2,16,17). The van der Waals surface area contributed by atoms with Crippen LogP contribution in [0.4, 0.5) is 5.13 Å². The Balaban J connectivity index is 2.05. The minimum atomic E-state index is 0.607. The molecule has 2 N–H and O–H groups in total. The predicted molar refractivity (Wildman–Crippen MR) is 77.4 cm³/mol. The molecule has 0 aliphatic carbocycles. The van der Waals surface area contributed by atoms with E-state index in [9.17, 15) is 0 Å². The van der Waals surface area contributed by atoms with Crippen LogP contribution in [0.5, 0.6) is 0 Å². The number of nitrogens with two attached hydrogens (primary N) is 1. The number of nitrogen functional groups attached to an aromatic ring is 1. The molecule has 0 saturated heterocycles. The first-order chi connectivity index (χ1) is 8.83. The van der Waals surface area contributed by atoms with E-state index in [1.165, 1.54) is 22.5 Å². The van der Waals surface area contributed by atoms with Crippen LogP contribution in [0.15, 0.2) is 60.0 Å². The van der Waals surface area contributed by atoms with Crippen molar-refractivity contribution in [2.45, 2.75) is 0 Å². The van der Waals surface area contributed by atoms with Crippen LogP contribution in [0.2, 0.25) is 0 Å². The van der Waals surface area contributed by atoms with Crippen molar-refractivity contribution in [3.05, 3.63) is 60.0 Å². The molecule has 18 heavy (non-hydrogen) atoms. The highest BCUT2D eigenvalue weighted by molar-refractivity contribution is 7.13. The van der Waals surface area contributed by atoms with E-state index in [1.54, 1.807) is 0 Å². The van der Waals surface area contributed by atoms with E-state index in [1.807, 2.05) is 29.6 Å². The second-order valence-electron chi connectivity index (χ2n) is 4.02. The molecule has 0 aliphatic heterocycles. The molecule has 3 aromatic rings. The van der Waals surface area contributed by atoms with Gasteiger partial charge in [-0.25, -0.2) is 4.98 Å². The molecule has 1 heterocycles. The van der Waals surface area contributed by atoms with E-state index >= 15 is 0 Å². The fourth-order valence-electron chi connectivity index (χ4n) is 1.91. The van der Waals surface area contributed by atoms with Crippen molar-refractivity contribution in [1.82, 2.24) is 4.98 Å². The Morgan fingerprint density at radius 3 is 2.28 bits per heavy atom. The van der Waals surface area contributed by atoms with Crippen LogP contribution in [-0.2, 0) is 0 Å². The maximum atomic E-state index is 5.67. The zero-order chi connectivity index (χ0) is 12.4. The minimum Gasteiger partial charge on any atom is -0.375 e. The van der Waals surface area contributed by atoms with Crippen LogP contribution in [0.1, 0.15) is 0 Å². The highest BCUT2D eigenvalue weighted by Crippen LogP contribution is 2.27. The predicted octanol–water partition coefficient (Wildman–Crippen LogP) is 4.06. The molecule has 0 saturated carbocycles. The third-order valence-electron chi connectivity index (χ3n) is 2.79. The first-order valence-corrected chi connectivity index (χ1v) is 6.58. The molecule has 0 fully saturated rings. The molecule has 2 aromatic carbocycles. The lowest BCUT2D eigenvalue weighted by Crippen LogP contribution is -1.84. The van der Waals surface area contributed by atoms with Gasteiger partial charge in [-0.05, 0) is 17.2 Å². The lowest BCUT2D eigenvalue weighted by molar-refractivity contribution is 1.41. The highest BCUT2D eigenvalue weighted by Gasteiger charge is 2.04. The van der Waals surface area contributed by atoms with Gasteiger partial charge in [0.2, 0.25) is 0 Å². The SMILES string of the molecule is Nc1nc(-c2cccc(-c3ccccc3)c2)cs1. The van der Waals surface area contributed by atoms with Crippen LogP contribution in [0.25, 0.3) is 22.4 Å². The van der Waals surface area contributed by atoms with Gasteiger partial charge in [-0.3, -0.25) is 0 Å². The number of hydrogen-bond donors (Lipinski definition) is 1. The molecule has 0 bridgehead atoms. The lowest BCUT2D eigenvalue weighted by atomic mass is 10.0. The molecule has 3 heteroatoms. The number of anilines is 1. The van der Waals surface area contributed by atoms with Crippen molar-refractivity contribution in [3.8, 4) is 22.4 Å². The largest absolute Gasteiger partial charge is 0.375 e. The monoisotopic (exact) mass is 252 g/mol.